The molecule has 9 heteroatoms. The van der Waals surface area contributed by atoms with Gasteiger partial charge in [-0.1, -0.05) is 13.3 Å². The molecule has 0 radical (unpaired) electrons. The molecule has 4 N–H and O–H groups in total. The molecule has 0 bridgehead atoms. The number of hydrogen-bond donors (Lipinski definition) is 4. The van der Waals surface area contributed by atoms with Crippen LogP contribution < -0.4 is 5.32 Å². The predicted octanol–water partition coefficient (Wildman–Crippen LogP) is 0.390. The second kappa shape index (κ2) is 10.1. The highest BCUT2D eigenvalue weighted by molar-refractivity contribution is 7.99. The van der Waals surface area contributed by atoms with Crippen LogP contribution in [-0.2, 0) is 9.53 Å². The first-order valence-electron chi connectivity index (χ1n) is 9.58. The van der Waals surface area contributed by atoms with Crippen molar-refractivity contribution in [3.8, 4) is 0 Å². The fourth-order valence-corrected chi connectivity index (χ4v) is 5.00. The highest BCUT2D eigenvalue weighted by Crippen LogP contribution is 2.31. The second-order valence-electron chi connectivity index (χ2n) is 7.73. The first-order valence-corrected chi connectivity index (χ1v) is 11.3. The van der Waals surface area contributed by atoms with Crippen molar-refractivity contribution in [2.24, 2.45) is 5.92 Å². The molecule has 3 unspecified atom stereocenters. The van der Waals surface area contributed by atoms with E-state index in [0.717, 1.165) is 25.8 Å². The number of carbonyl (C=O) groups excluding carboxylic acids is 1. The van der Waals surface area contributed by atoms with Crippen LogP contribution in [0, 0.1) is 5.92 Å². The number of aliphatic hydroxyl groups is 3. The second-order valence-corrected chi connectivity index (χ2v) is 9.36. The van der Waals surface area contributed by atoms with Crippen molar-refractivity contribution in [3.63, 3.8) is 0 Å². The minimum absolute atomic E-state index is 0.147. The number of nitrogens with one attached hydrogen (secondary N) is 1. The molecule has 2 heterocycles. The van der Waals surface area contributed by atoms with E-state index in [4.69, 9.17) is 16.3 Å². The molecule has 0 aromatic heterocycles. The van der Waals surface area contributed by atoms with Crippen molar-refractivity contribution in [2.75, 3.05) is 19.8 Å². The van der Waals surface area contributed by atoms with Crippen molar-refractivity contribution >= 4 is 29.3 Å². The smallest absolute Gasteiger partial charge is 0.237 e. The lowest BCUT2D eigenvalue weighted by Gasteiger charge is -2.44. The number of aliphatic hydroxyl groups excluding tert-OH is 3. The Hall–Kier alpha value is -0.0900. The van der Waals surface area contributed by atoms with Crippen molar-refractivity contribution in [2.45, 2.75) is 80.4 Å². The summed E-state index contributed by atoms with van der Waals surface area (Å²) in [7, 11) is 1.94. The number of nitrogens with zero attached hydrogens (tertiary/aromatic N) is 1. The van der Waals surface area contributed by atoms with Crippen LogP contribution in [0.4, 0.5) is 0 Å². The molecule has 0 saturated carbocycles. The maximum Gasteiger partial charge on any atom is 0.237 e. The number of alkyl halides is 1. The zero-order chi connectivity index (χ0) is 20.3. The summed E-state index contributed by atoms with van der Waals surface area (Å²) in [5, 5.41) is 33.0. The van der Waals surface area contributed by atoms with Crippen LogP contribution in [0.15, 0.2) is 0 Å². The molecular formula is C18H33ClN2O5S. The van der Waals surface area contributed by atoms with Gasteiger partial charge in [0, 0.05) is 6.54 Å². The highest BCUT2D eigenvalue weighted by atomic mass is 35.5. The van der Waals surface area contributed by atoms with E-state index in [-0.39, 0.29) is 11.9 Å². The third-order valence-corrected chi connectivity index (χ3v) is 6.76. The molecule has 0 aromatic rings. The van der Waals surface area contributed by atoms with Gasteiger partial charge in [-0.3, -0.25) is 9.69 Å². The van der Waals surface area contributed by atoms with Gasteiger partial charge in [-0.15, -0.1) is 23.4 Å². The lowest BCUT2D eigenvalue weighted by Crippen LogP contribution is -2.65. The molecule has 1 amide bonds. The Morgan fingerprint density at radius 2 is 2.00 bits per heavy atom. The van der Waals surface area contributed by atoms with Gasteiger partial charge in [0.2, 0.25) is 5.91 Å². The number of rotatable bonds is 7. The van der Waals surface area contributed by atoms with Crippen LogP contribution in [0.3, 0.4) is 0 Å². The van der Waals surface area contributed by atoms with E-state index in [2.05, 4.69) is 12.2 Å². The first kappa shape index (κ1) is 23.2. The van der Waals surface area contributed by atoms with Crippen LogP contribution in [0.2, 0.25) is 0 Å². The molecule has 0 spiro atoms. The standard InChI is InChI=1S/C18H33ClN2O5S/c1-5-6-10-7-11(21(3)8-10)17(25)20-12(9(2)19)16-14(23)13(22)15(24)18(26-16)27-4/h9-16,18,22-24H,5-8H2,1-4H3,(H,20,25)/t9-,10+,11?,12+,13+,14+,15?,16?,18+/m0/s1. The molecule has 27 heavy (non-hydrogen) atoms. The van der Waals surface area contributed by atoms with Crippen molar-refractivity contribution in [3.05, 3.63) is 0 Å². The van der Waals surface area contributed by atoms with Crippen LogP contribution in [-0.4, -0.2) is 93.3 Å². The molecule has 7 nitrogen and oxygen atoms in total. The third-order valence-electron chi connectivity index (χ3n) is 5.63. The van der Waals surface area contributed by atoms with Gasteiger partial charge in [-0.05, 0) is 39.0 Å². The quantitative estimate of drug-likeness (QED) is 0.438. The SMILES string of the molecule is CCC[C@@H]1CC(C(=O)N[C@@H](C2O[C@H](SC)C(O)[C@H](O)[C@H]2O)[C@H](C)Cl)N(C)C1. The Bertz CT molecular complexity index is 498. The molecule has 9 atom stereocenters. The summed E-state index contributed by atoms with van der Waals surface area (Å²) in [6, 6.07) is -0.934. The molecule has 2 aliphatic rings. The highest BCUT2D eigenvalue weighted by Gasteiger charge is 2.48. The minimum atomic E-state index is -1.36. The maximum absolute atomic E-state index is 12.9. The Balaban J connectivity index is 2.09. The van der Waals surface area contributed by atoms with E-state index < -0.39 is 41.3 Å². The Morgan fingerprint density at radius 1 is 1.33 bits per heavy atom. The van der Waals surface area contributed by atoms with Gasteiger partial charge in [-0.25, -0.2) is 0 Å². The lowest BCUT2D eigenvalue weighted by atomic mass is 9.92. The number of likely N-dealkylation sites (N-methyl/N-ethyl adjacent to an activating group) is 1. The zero-order valence-electron chi connectivity index (χ0n) is 16.4. The summed E-state index contributed by atoms with van der Waals surface area (Å²) < 4.78 is 5.79. The molecular weight excluding hydrogens is 392 g/mol. The summed E-state index contributed by atoms with van der Waals surface area (Å²) in [6.07, 6.45) is -0.0980. The Kier molecular flexibility index (Phi) is 8.67. The number of thioether (sulfide) groups is 1. The van der Waals surface area contributed by atoms with E-state index in [1.165, 1.54) is 11.8 Å². The van der Waals surface area contributed by atoms with Crippen molar-refractivity contribution in [1.29, 1.82) is 0 Å². The summed E-state index contributed by atoms with van der Waals surface area (Å²) in [5.41, 5.74) is -0.702. The van der Waals surface area contributed by atoms with Crippen molar-refractivity contribution in [1.82, 2.24) is 10.2 Å². The fraction of sp³-hybridized carbons (Fsp3) is 0.944. The molecule has 0 aliphatic carbocycles. The number of halogens is 1. The van der Waals surface area contributed by atoms with Crippen LogP contribution >= 0.6 is 23.4 Å². The average molecular weight is 425 g/mol. The molecule has 2 saturated heterocycles. The normalized spacial score (nSPS) is 39.9. The Labute approximate surface area is 170 Å². The molecule has 158 valence electrons. The maximum atomic E-state index is 12.9. The van der Waals surface area contributed by atoms with Gasteiger partial charge in [-0.2, -0.15) is 0 Å². The minimum Gasteiger partial charge on any atom is -0.388 e. The fourth-order valence-electron chi connectivity index (χ4n) is 4.11. The first-order chi connectivity index (χ1) is 12.7. The van der Waals surface area contributed by atoms with Gasteiger partial charge < -0.3 is 25.4 Å². The number of likely N-dealkylation sites (tertiary alicyclic amines) is 1. The molecule has 0 aromatic carbocycles. The van der Waals surface area contributed by atoms with E-state index >= 15 is 0 Å². The molecule has 2 aliphatic heterocycles. The zero-order valence-corrected chi connectivity index (χ0v) is 18.0. The number of hydrogen-bond acceptors (Lipinski definition) is 7. The third kappa shape index (κ3) is 5.29. The largest absolute Gasteiger partial charge is 0.388 e. The van der Waals surface area contributed by atoms with Gasteiger partial charge in [0.25, 0.3) is 0 Å². The van der Waals surface area contributed by atoms with E-state index in [9.17, 15) is 20.1 Å². The summed E-state index contributed by atoms with van der Waals surface area (Å²) >= 11 is 7.55. The van der Waals surface area contributed by atoms with E-state index in [1.54, 1.807) is 13.2 Å². The summed E-state index contributed by atoms with van der Waals surface area (Å²) in [6.45, 7) is 4.74. The monoisotopic (exact) mass is 424 g/mol. The van der Waals surface area contributed by atoms with E-state index in [0.29, 0.717) is 5.92 Å². The summed E-state index contributed by atoms with van der Waals surface area (Å²) in [4.78, 5) is 14.9. The van der Waals surface area contributed by atoms with Gasteiger partial charge in [0.15, 0.2) is 0 Å². The lowest BCUT2D eigenvalue weighted by molar-refractivity contribution is -0.205. The van der Waals surface area contributed by atoms with Gasteiger partial charge in [0.1, 0.15) is 29.9 Å². The van der Waals surface area contributed by atoms with E-state index in [1.807, 2.05) is 11.9 Å². The molecule has 2 rings (SSSR count). The molecule has 2 fully saturated rings. The average Bonchev–Trinajstić information content (AvgIpc) is 2.99. The van der Waals surface area contributed by atoms with Crippen LogP contribution in [0.5, 0.6) is 0 Å². The Morgan fingerprint density at radius 3 is 2.56 bits per heavy atom. The topological polar surface area (TPSA) is 102 Å². The number of ether oxygens (including phenoxy) is 1. The predicted molar refractivity (Wildman–Crippen MR) is 107 cm³/mol. The summed E-state index contributed by atoms with van der Waals surface area (Å²) in [5.74, 6) is 0.350. The number of carbonyl (C=O) groups is 1. The van der Waals surface area contributed by atoms with Crippen molar-refractivity contribution < 1.29 is 24.9 Å². The van der Waals surface area contributed by atoms with Crippen LogP contribution in [0.1, 0.15) is 33.1 Å². The van der Waals surface area contributed by atoms with Crippen LogP contribution in [0.25, 0.3) is 0 Å². The van der Waals surface area contributed by atoms with Gasteiger partial charge >= 0.3 is 0 Å². The van der Waals surface area contributed by atoms with Gasteiger partial charge in [0.05, 0.1) is 17.5 Å². The number of amides is 1.